The first-order valence-electron chi connectivity index (χ1n) is 11.0. The van der Waals surface area contributed by atoms with Crippen LogP contribution in [0.4, 0.5) is 16.2 Å². The van der Waals surface area contributed by atoms with E-state index in [2.05, 4.69) is 20.7 Å². The number of fused-ring (bicyclic) bond motifs is 1. The minimum Gasteiger partial charge on any atom is -0.497 e. The van der Waals surface area contributed by atoms with Crippen LogP contribution in [-0.4, -0.2) is 54.0 Å². The number of hydrogen-bond donors (Lipinski definition) is 2. The van der Waals surface area contributed by atoms with Crippen LogP contribution in [0.15, 0.2) is 60.9 Å². The molecule has 5 rings (SSSR count). The summed E-state index contributed by atoms with van der Waals surface area (Å²) in [6.45, 7) is 1.63. The number of urea groups is 1. The molecular formula is C25H24N6O4. The second-order valence-electron chi connectivity index (χ2n) is 8.00. The van der Waals surface area contributed by atoms with Crippen LogP contribution >= 0.6 is 0 Å². The van der Waals surface area contributed by atoms with E-state index in [1.807, 2.05) is 24.3 Å². The number of nitrogens with zero attached hydrogens (tertiary/aromatic N) is 4. The van der Waals surface area contributed by atoms with Gasteiger partial charge >= 0.3 is 6.03 Å². The van der Waals surface area contributed by atoms with Gasteiger partial charge in [0.15, 0.2) is 5.65 Å². The number of anilines is 2. The number of carbonyl (C=O) groups excluding carboxylic acids is 2. The molecule has 3 amide bonds. The highest BCUT2D eigenvalue weighted by Crippen LogP contribution is 2.26. The van der Waals surface area contributed by atoms with Gasteiger partial charge in [-0.2, -0.15) is 5.10 Å². The number of benzene rings is 2. The highest BCUT2D eigenvalue weighted by atomic mass is 16.5. The maximum Gasteiger partial charge on any atom is 0.321 e. The number of carbonyl (C=O) groups is 2. The Kier molecular flexibility index (Phi) is 5.92. The Bertz CT molecular complexity index is 1420. The zero-order valence-electron chi connectivity index (χ0n) is 19.3. The Balaban J connectivity index is 1.34. The van der Waals surface area contributed by atoms with Gasteiger partial charge in [0.05, 0.1) is 32.5 Å². The molecule has 0 spiro atoms. The molecule has 2 N–H and O–H groups in total. The van der Waals surface area contributed by atoms with Crippen molar-refractivity contribution in [2.24, 2.45) is 0 Å². The molecule has 0 radical (unpaired) electrons. The van der Waals surface area contributed by atoms with Gasteiger partial charge in [0.25, 0.3) is 5.91 Å². The fourth-order valence-electron chi connectivity index (χ4n) is 4.03. The van der Waals surface area contributed by atoms with E-state index in [1.54, 1.807) is 54.3 Å². The van der Waals surface area contributed by atoms with Gasteiger partial charge in [0.1, 0.15) is 11.5 Å². The third-order valence-corrected chi connectivity index (χ3v) is 5.82. The van der Waals surface area contributed by atoms with Gasteiger partial charge in [-0.25, -0.2) is 14.5 Å². The number of amides is 3. The van der Waals surface area contributed by atoms with Crippen LogP contribution < -0.4 is 25.0 Å². The van der Waals surface area contributed by atoms with Gasteiger partial charge in [0, 0.05) is 47.7 Å². The highest BCUT2D eigenvalue weighted by molar-refractivity contribution is 6.06. The van der Waals surface area contributed by atoms with Crippen LogP contribution in [0.1, 0.15) is 15.9 Å². The van der Waals surface area contributed by atoms with Crippen molar-refractivity contribution in [2.45, 2.75) is 6.54 Å². The number of rotatable bonds is 7. The summed E-state index contributed by atoms with van der Waals surface area (Å²) in [4.78, 5) is 31.0. The van der Waals surface area contributed by atoms with Crippen molar-refractivity contribution >= 4 is 34.3 Å². The van der Waals surface area contributed by atoms with Crippen LogP contribution in [0.5, 0.6) is 11.5 Å². The lowest BCUT2D eigenvalue weighted by atomic mass is 10.2. The molecule has 1 aliphatic heterocycles. The summed E-state index contributed by atoms with van der Waals surface area (Å²) in [6.07, 6.45) is 3.21. The van der Waals surface area contributed by atoms with Crippen molar-refractivity contribution in [3.63, 3.8) is 0 Å². The third-order valence-electron chi connectivity index (χ3n) is 5.82. The molecule has 4 aromatic rings. The average molecular weight is 473 g/mol. The van der Waals surface area contributed by atoms with Crippen molar-refractivity contribution < 1.29 is 19.1 Å². The predicted molar refractivity (Wildman–Crippen MR) is 131 cm³/mol. The highest BCUT2D eigenvalue weighted by Gasteiger charge is 2.21. The molecule has 10 nitrogen and oxygen atoms in total. The lowest BCUT2D eigenvalue weighted by Crippen LogP contribution is -2.27. The predicted octanol–water partition coefficient (Wildman–Crippen LogP) is 3.28. The zero-order chi connectivity index (χ0) is 24.4. The number of nitrogens with one attached hydrogen (secondary N) is 2. The van der Waals surface area contributed by atoms with Gasteiger partial charge < -0.3 is 20.1 Å². The molecule has 1 saturated heterocycles. The maximum absolute atomic E-state index is 12.9. The van der Waals surface area contributed by atoms with Gasteiger partial charge in [-0.1, -0.05) is 6.07 Å². The molecule has 1 fully saturated rings. The van der Waals surface area contributed by atoms with Gasteiger partial charge in [0.2, 0.25) is 0 Å². The Hall–Kier alpha value is -4.60. The zero-order valence-corrected chi connectivity index (χ0v) is 19.3. The fraction of sp³-hybridized carbons (Fsp3) is 0.200. The third kappa shape index (κ3) is 4.45. The van der Waals surface area contributed by atoms with E-state index in [9.17, 15) is 9.59 Å². The van der Waals surface area contributed by atoms with Gasteiger partial charge in [-0.15, -0.1) is 0 Å². The Labute approximate surface area is 201 Å². The lowest BCUT2D eigenvalue weighted by molar-refractivity contribution is 0.102. The van der Waals surface area contributed by atoms with E-state index in [0.29, 0.717) is 48.0 Å². The van der Waals surface area contributed by atoms with Gasteiger partial charge in [-0.3, -0.25) is 9.69 Å². The number of aromatic nitrogens is 3. The first kappa shape index (κ1) is 22.2. The van der Waals surface area contributed by atoms with Gasteiger partial charge in [-0.05, 0) is 36.4 Å². The first-order valence-corrected chi connectivity index (χ1v) is 11.0. The molecule has 10 heteroatoms. The second-order valence-corrected chi connectivity index (χ2v) is 8.00. The minimum atomic E-state index is -0.299. The summed E-state index contributed by atoms with van der Waals surface area (Å²) in [7, 11) is 3.22. The molecule has 0 unspecified atom stereocenters. The molecule has 0 bridgehead atoms. The normalized spacial score (nSPS) is 13.1. The van der Waals surface area contributed by atoms with Crippen molar-refractivity contribution in [3.05, 3.63) is 72.1 Å². The van der Waals surface area contributed by atoms with E-state index in [0.717, 1.165) is 16.6 Å². The number of pyridine rings is 1. The van der Waals surface area contributed by atoms with Crippen LogP contribution in [0.25, 0.3) is 11.0 Å². The molecule has 0 atom stereocenters. The average Bonchev–Trinajstić information content (AvgIpc) is 3.50. The second kappa shape index (κ2) is 9.34. The van der Waals surface area contributed by atoms with Crippen LogP contribution in [0.3, 0.4) is 0 Å². The Morgan fingerprint density at radius 2 is 2.00 bits per heavy atom. The summed E-state index contributed by atoms with van der Waals surface area (Å²) < 4.78 is 12.5. The summed E-state index contributed by atoms with van der Waals surface area (Å²) in [5.74, 6) is 1.10. The standard InChI is InChI=1S/C25H24N6O4/c1-34-21-7-6-16(22(12-21)35-2)15-31-23-17(14-28-31)10-18(13-27-23)24(32)29-19-4-3-5-20(11-19)30-9-8-26-25(30)33/h3-7,10-14H,8-9,15H2,1-2H3,(H,26,33)(H,29,32). The Morgan fingerprint density at radius 3 is 2.77 bits per heavy atom. The largest absolute Gasteiger partial charge is 0.497 e. The molecule has 0 aliphatic carbocycles. The summed E-state index contributed by atoms with van der Waals surface area (Å²) >= 11 is 0. The van der Waals surface area contributed by atoms with E-state index < -0.39 is 0 Å². The molecule has 3 heterocycles. The van der Waals surface area contributed by atoms with Crippen molar-refractivity contribution in [3.8, 4) is 11.5 Å². The van der Waals surface area contributed by atoms with E-state index >= 15 is 0 Å². The van der Waals surface area contributed by atoms with Crippen molar-refractivity contribution in [1.82, 2.24) is 20.1 Å². The first-order chi connectivity index (χ1) is 17.1. The summed E-state index contributed by atoms with van der Waals surface area (Å²) in [6, 6.07) is 14.4. The maximum atomic E-state index is 12.9. The number of ether oxygens (including phenoxy) is 2. The molecule has 1 aliphatic rings. The molecule has 0 saturated carbocycles. The Morgan fingerprint density at radius 1 is 1.11 bits per heavy atom. The summed E-state index contributed by atoms with van der Waals surface area (Å²) in [5.41, 5.74) is 3.30. The molecule has 2 aromatic heterocycles. The molecule has 2 aromatic carbocycles. The fourth-order valence-corrected chi connectivity index (χ4v) is 4.03. The van der Waals surface area contributed by atoms with Crippen molar-refractivity contribution in [2.75, 3.05) is 37.5 Å². The summed E-state index contributed by atoms with van der Waals surface area (Å²) in [5, 5.41) is 10.8. The molecular weight excluding hydrogens is 448 g/mol. The number of hydrogen-bond acceptors (Lipinski definition) is 6. The topological polar surface area (TPSA) is 111 Å². The quantitative estimate of drug-likeness (QED) is 0.427. The monoisotopic (exact) mass is 472 g/mol. The van der Waals surface area contributed by atoms with E-state index in [4.69, 9.17) is 9.47 Å². The van der Waals surface area contributed by atoms with Crippen LogP contribution in [0.2, 0.25) is 0 Å². The SMILES string of the molecule is COc1ccc(Cn2ncc3cc(C(=O)Nc4cccc(N5CCNC5=O)c4)cnc32)c(OC)c1. The smallest absolute Gasteiger partial charge is 0.321 e. The van der Waals surface area contributed by atoms with Crippen molar-refractivity contribution in [1.29, 1.82) is 0 Å². The minimum absolute atomic E-state index is 0.146. The van der Waals surface area contributed by atoms with Crippen LogP contribution in [-0.2, 0) is 6.54 Å². The van der Waals surface area contributed by atoms with E-state index in [-0.39, 0.29) is 11.9 Å². The lowest BCUT2D eigenvalue weighted by Gasteiger charge is -2.15. The number of methoxy groups -OCH3 is 2. The van der Waals surface area contributed by atoms with Crippen LogP contribution in [0, 0.1) is 0 Å². The molecule has 35 heavy (non-hydrogen) atoms. The molecule has 178 valence electrons. The van der Waals surface area contributed by atoms with E-state index in [1.165, 1.54) is 6.20 Å².